The third-order valence-electron chi connectivity index (χ3n) is 2.18. The first-order valence-corrected chi connectivity index (χ1v) is 9.19. The highest BCUT2D eigenvalue weighted by Gasteiger charge is 2.16. The van der Waals surface area contributed by atoms with Crippen molar-refractivity contribution in [1.82, 2.24) is 0 Å². The van der Waals surface area contributed by atoms with Crippen LogP contribution in [-0.4, -0.2) is 15.0 Å². The maximum absolute atomic E-state index is 11.2. The Morgan fingerprint density at radius 3 is 2.32 bits per heavy atom. The molecule has 0 heterocycles. The molecule has 0 spiro atoms. The highest BCUT2D eigenvalue weighted by atomic mass is 79.9. The van der Waals surface area contributed by atoms with Crippen molar-refractivity contribution in [2.24, 2.45) is 0 Å². The third kappa shape index (κ3) is 5.30. The maximum Gasteiger partial charge on any atom is 0.261 e. The minimum atomic E-state index is -3.78. The van der Waals surface area contributed by atoms with Gasteiger partial charge in [-0.1, -0.05) is 0 Å². The number of unbranched alkanes of at least 4 members (excludes halogenated alkanes) is 2. The number of benzene rings is 1. The molecule has 1 rings (SSSR count). The topological polar surface area (TPSA) is 67.2 Å². The SMILES string of the molecule is N#CCCCCOc1c(Br)cc(S(=O)(=O)Cl)cc1Br. The molecule has 0 aromatic heterocycles. The minimum absolute atomic E-state index is 0.00949. The Labute approximate surface area is 133 Å². The fourth-order valence-corrected chi connectivity index (χ4v) is 3.80. The first kappa shape index (κ1) is 16.8. The zero-order valence-electron chi connectivity index (χ0n) is 9.70. The summed E-state index contributed by atoms with van der Waals surface area (Å²) in [5.74, 6) is 0.515. The second kappa shape index (κ2) is 7.48. The van der Waals surface area contributed by atoms with Crippen LogP contribution in [-0.2, 0) is 9.05 Å². The van der Waals surface area contributed by atoms with Crippen LogP contribution < -0.4 is 4.74 Å². The van der Waals surface area contributed by atoms with Crippen LogP contribution in [0.2, 0.25) is 0 Å². The van der Waals surface area contributed by atoms with Crippen LogP contribution in [0.5, 0.6) is 5.75 Å². The standard InChI is InChI=1S/C11H10Br2ClNO3S/c12-9-6-8(19(14,16)17)7-10(13)11(9)18-5-3-1-2-4-15/h6-7H,1-3,5H2. The smallest absolute Gasteiger partial charge is 0.261 e. The van der Waals surface area contributed by atoms with Gasteiger partial charge in [-0.25, -0.2) is 8.42 Å². The Bertz CT molecular complexity index is 575. The zero-order valence-corrected chi connectivity index (χ0v) is 14.4. The molecule has 0 radical (unpaired) electrons. The van der Waals surface area contributed by atoms with Crippen molar-refractivity contribution in [1.29, 1.82) is 5.26 Å². The molecule has 0 saturated carbocycles. The molecule has 0 amide bonds. The molecule has 19 heavy (non-hydrogen) atoms. The van der Waals surface area contributed by atoms with Crippen molar-refractivity contribution in [3.05, 3.63) is 21.1 Å². The molecule has 0 aliphatic rings. The first-order valence-electron chi connectivity index (χ1n) is 5.29. The molecule has 0 fully saturated rings. The van der Waals surface area contributed by atoms with E-state index >= 15 is 0 Å². The minimum Gasteiger partial charge on any atom is -0.491 e. The van der Waals surface area contributed by atoms with Gasteiger partial charge in [0.25, 0.3) is 9.05 Å². The number of hydrogen-bond acceptors (Lipinski definition) is 4. The van der Waals surface area contributed by atoms with Crippen LogP contribution in [0.3, 0.4) is 0 Å². The number of halogens is 3. The molecule has 1 aromatic rings. The summed E-state index contributed by atoms with van der Waals surface area (Å²) in [6, 6.07) is 4.83. The van der Waals surface area contributed by atoms with Crippen molar-refractivity contribution in [3.8, 4) is 11.8 Å². The fraction of sp³-hybridized carbons (Fsp3) is 0.364. The van der Waals surface area contributed by atoms with Crippen LogP contribution in [0.25, 0.3) is 0 Å². The van der Waals surface area contributed by atoms with Crippen molar-refractivity contribution in [3.63, 3.8) is 0 Å². The molecule has 104 valence electrons. The van der Waals surface area contributed by atoms with Gasteiger partial charge in [0, 0.05) is 17.1 Å². The predicted octanol–water partition coefficient (Wildman–Crippen LogP) is 4.21. The molecule has 0 aliphatic carbocycles. The van der Waals surface area contributed by atoms with Gasteiger partial charge in [0.1, 0.15) is 5.75 Å². The van der Waals surface area contributed by atoms with Gasteiger partial charge in [0.15, 0.2) is 0 Å². The molecule has 0 atom stereocenters. The summed E-state index contributed by atoms with van der Waals surface area (Å²) in [4.78, 5) is -0.00949. The molecule has 0 saturated heterocycles. The van der Waals surface area contributed by atoms with Crippen molar-refractivity contribution in [2.75, 3.05) is 6.61 Å². The largest absolute Gasteiger partial charge is 0.491 e. The predicted molar refractivity (Wildman–Crippen MR) is 79.8 cm³/mol. The van der Waals surface area contributed by atoms with E-state index in [0.29, 0.717) is 27.7 Å². The maximum atomic E-state index is 11.2. The summed E-state index contributed by atoms with van der Waals surface area (Å²) in [5.41, 5.74) is 0. The molecule has 8 heteroatoms. The van der Waals surface area contributed by atoms with E-state index < -0.39 is 9.05 Å². The number of rotatable bonds is 6. The summed E-state index contributed by atoms with van der Waals surface area (Å²) in [7, 11) is 1.50. The number of ether oxygens (including phenoxy) is 1. The van der Waals surface area contributed by atoms with Gasteiger partial charge in [-0.15, -0.1) is 0 Å². The van der Waals surface area contributed by atoms with Gasteiger partial charge in [-0.2, -0.15) is 5.26 Å². The van der Waals surface area contributed by atoms with E-state index in [2.05, 4.69) is 37.9 Å². The van der Waals surface area contributed by atoms with Crippen LogP contribution in [0.15, 0.2) is 26.0 Å². The van der Waals surface area contributed by atoms with Crippen molar-refractivity contribution in [2.45, 2.75) is 24.2 Å². The lowest BCUT2D eigenvalue weighted by atomic mass is 10.2. The van der Waals surface area contributed by atoms with Gasteiger partial charge in [-0.3, -0.25) is 0 Å². The van der Waals surface area contributed by atoms with Gasteiger partial charge in [0.05, 0.1) is 26.5 Å². The summed E-state index contributed by atoms with van der Waals surface area (Å²) in [5, 5.41) is 8.40. The second-order valence-electron chi connectivity index (χ2n) is 3.62. The van der Waals surface area contributed by atoms with Gasteiger partial charge >= 0.3 is 0 Å². The average molecular weight is 432 g/mol. The van der Waals surface area contributed by atoms with Gasteiger partial charge in [-0.05, 0) is 56.8 Å². The van der Waals surface area contributed by atoms with Gasteiger partial charge < -0.3 is 4.74 Å². The van der Waals surface area contributed by atoms with E-state index in [1.165, 1.54) is 12.1 Å². The fourth-order valence-electron chi connectivity index (χ4n) is 1.30. The Kier molecular flexibility index (Phi) is 6.60. The highest BCUT2D eigenvalue weighted by molar-refractivity contribution is 9.11. The summed E-state index contributed by atoms with van der Waals surface area (Å²) in [6.07, 6.45) is 2.01. The quantitative estimate of drug-likeness (QED) is 0.500. The van der Waals surface area contributed by atoms with Gasteiger partial charge in [0.2, 0.25) is 0 Å². The highest BCUT2D eigenvalue weighted by Crippen LogP contribution is 2.36. The Hall–Kier alpha value is -0.290. The van der Waals surface area contributed by atoms with E-state index in [0.717, 1.165) is 12.8 Å². The Morgan fingerprint density at radius 1 is 1.26 bits per heavy atom. The molecule has 4 nitrogen and oxygen atoms in total. The van der Waals surface area contributed by atoms with E-state index in [9.17, 15) is 8.42 Å². The van der Waals surface area contributed by atoms with E-state index in [1.807, 2.05) is 0 Å². The van der Waals surface area contributed by atoms with Crippen LogP contribution in [0.4, 0.5) is 0 Å². The Balaban J connectivity index is 2.79. The molecule has 0 unspecified atom stereocenters. The zero-order chi connectivity index (χ0) is 14.5. The lowest BCUT2D eigenvalue weighted by Crippen LogP contribution is -2.00. The lowest BCUT2D eigenvalue weighted by Gasteiger charge is -2.11. The Morgan fingerprint density at radius 2 is 1.84 bits per heavy atom. The van der Waals surface area contributed by atoms with Crippen LogP contribution in [0, 0.1) is 11.3 Å². The van der Waals surface area contributed by atoms with E-state index in [-0.39, 0.29) is 4.90 Å². The molecule has 0 aliphatic heterocycles. The van der Waals surface area contributed by atoms with Crippen LogP contribution in [0.1, 0.15) is 19.3 Å². The second-order valence-corrected chi connectivity index (χ2v) is 7.89. The lowest BCUT2D eigenvalue weighted by molar-refractivity contribution is 0.303. The molecular weight excluding hydrogens is 421 g/mol. The summed E-state index contributed by atoms with van der Waals surface area (Å²) in [6.45, 7) is 0.450. The van der Waals surface area contributed by atoms with Crippen LogP contribution >= 0.6 is 42.5 Å². The van der Waals surface area contributed by atoms with E-state index in [1.54, 1.807) is 0 Å². The number of hydrogen-bond donors (Lipinski definition) is 0. The van der Waals surface area contributed by atoms with Crippen molar-refractivity contribution >= 4 is 51.6 Å². The summed E-state index contributed by atoms with van der Waals surface area (Å²) < 4.78 is 29.0. The summed E-state index contributed by atoms with van der Waals surface area (Å²) >= 11 is 6.49. The first-order chi connectivity index (χ1) is 8.86. The molecule has 0 bridgehead atoms. The number of nitriles is 1. The normalized spacial score (nSPS) is 11.1. The molecule has 0 N–H and O–H groups in total. The number of nitrogens with zero attached hydrogens (tertiary/aromatic N) is 1. The molecular formula is C11H10Br2ClNO3S. The monoisotopic (exact) mass is 429 g/mol. The molecule has 1 aromatic carbocycles. The van der Waals surface area contributed by atoms with E-state index in [4.69, 9.17) is 20.7 Å². The third-order valence-corrected chi connectivity index (χ3v) is 4.69. The van der Waals surface area contributed by atoms with Crippen molar-refractivity contribution < 1.29 is 13.2 Å². The average Bonchev–Trinajstić information content (AvgIpc) is 2.30.